The van der Waals surface area contributed by atoms with Gasteiger partial charge in [-0.05, 0) is 42.7 Å². The predicted molar refractivity (Wildman–Crippen MR) is 94.9 cm³/mol. The van der Waals surface area contributed by atoms with Gasteiger partial charge in [0.15, 0.2) is 0 Å². The Labute approximate surface area is 148 Å². The molecule has 25 heavy (non-hydrogen) atoms. The van der Waals surface area contributed by atoms with Crippen LogP contribution in [0.2, 0.25) is 0 Å². The average molecular weight is 340 g/mol. The van der Waals surface area contributed by atoms with Crippen LogP contribution < -0.4 is 5.32 Å². The molecule has 2 amide bonds. The Morgan fingerprint density at radius 3 is 2.64 bits per heavy atom. The van der Waals surface area contributed by atoms with E-state index in [1.807, 2.05) is 41.3 Å². The maximum absolute atomic E-state index is 13.1. The first-order valence-electron chi connectivity index (χ1n) is 8.83. The van der Waals surface area contributed by atoms with Gasteiger partial charge < -0.3 is 14.6 Å². The van der Waals surface area contributed by atoms with E-state index in [-0.39, 0.29) is 17.9 Å². The third-order valence-corrected chi connectivity index (χ3v) is 4.63. The van der Waals surface area contributed by atoms with Crippen LogP contribution in [0.1, 0.15) is 60.3 Å². The summed E-state index contributed by atoms with van der Waals surface area (Å²) in [6, 6.07) is 11.3. The number of carbonyl (C=O) groups excluding carboxylic acids is 2. The molecular weight excluding hydrogens is 316 g/mol. The van der Waals surface area contributed by atoms with Crippen molar-refractivity contribution < 1.29 is 14.0 Å². The number of nitrogens with zero attached hydrogens (tertiary/aromatic N) is 1. The Kier molecular flexibility index (Phi) is 5.53. The van der Waals surface area contributed by atoms with Crippen molar-refractivity contribution in [3.05, 3.63) is 59.5 Å². The summed E-state index contributed by atoms with van der Waals surface area (Å²) in [6.07, 6.45) is 5.85. The summed E-state index contributed by atoms with van der Waals surface area (Å²) in [5.41, 5.74) is 1.65. The van der Waals surface area contributed by atoms with E-state index in [0.717, 1.165) is 43.6 Å². The van der Waals surface area contributed by atoms with Gasteiger partial charge in [-0.25, -0.2) is 0 Å². The zero-order chi connectivity index (χ0) is 17.6. The van der Waals surface area contributed by atoms with Crippen molar-refractivity contribution in [2.24, 2.45) is 0 Å². The highest BCUT2D eigenvalue weighted by atomic mass is 16.3. The molecule has 132 valence electrons. The van der Waals surface area contributed by atoms with Crippen LogP contribution in [0.25, 0.3) is 0 Å². The normalized spacial score (nSPS) is 17.8. The maximum atomic E-state index is 13.1. The molecule has 1 fully saturated rings. The Balaban J connectivity index is 1.76. The fraction of sp³-hybridized carbons (Fsp3) is 0.400. The van der Waals surface area contributed by atoms with Gasteiger partial charge in [0.05, 0.1) is 12.3 Å². The van der Waals surface area contributed by atoms with Crippen LogP contribution in [0, 0.1) is 0 Å². The number of benzene rings is 1. The van der Waals surface area contributed by atoms with E-state index in [2.05, 4.69) is 5.32 Å². The van der Waals surface area contributed by atoms with Crippen molar-refractivity contribution in [3.63, 3.8) is 0 Å². The van der Waals surface area contributed by atoms with Crippen LogP contribution in [0.4, 0.5) is 0 Å². The van der Waals surface area contributed by atoms with Crippen LogP contribution in [0.5, 0.6) is 0 Å². The van der Waals surface area contributed by atoms with Crippen LogP contribution >= 0.6 is 0 Å². The number of carbonyl (C=O) groups is 2. The molecule has 0 aliphatic carbocycles. The van der Waals surface area contributed by atoms with Gasteiger partial charge in [0, 0.05) is 25.6 Å². The summed E-state index contributed by atoms with van der Waals surface area (Å²) >= 11 is 0. The molecule has 0 bridgehead atoms. The summed E-state index contributed by atoms with van der Waals surface area (Å²) in [4.78, 5) is 26.0. The second-order valence-electron chi connectivity index (χ2n) is 6.49. The number of likely N-dealkylation sites (tertiary alicyclic amines) is 1. The van der Waals surface area contributed by atoms with Crippen molar-refractivity contribution in [3.8, 4) is 0 Å². The largest absolute Gasteiger partial charge is 0.467 e. The third-order valence-electron chi connectivity index (χ3n) is 4.63. The molecule has 3 rings (SSSR count). The second-order valence-corrected chi connectivity index (χ2v) is 6.49. The SMILES string of the molecule is CC(=O)NCc1ccc(C(=O)N2CCCCCC2c2ccco2)cc1. The molecular formula is C20H24N2O3. The Morgan fingerprint density at radius 1 is 1.16 bits per heavy atom. The summed E-state index contributed by atoms with van der Waals surface area (Å²) in [5.74, 6) is 0.831. The minimum atomic E-state index is -0.0639. The van der Waals surface area contributed by atoms with Gasteiger partial charge >= 0.3 is 0 Å². The highest BCUT2D eigenvalue weighted by Crippen LogP contribution is 2.31. The van der Waals surface area contributed by atoms with Crippen LogP contribution in [-0.2, 0) is 11.3 Å². The molecule has 1 atom stereocenters. The molecule has 1 saturated heterocycles. The lowest BCUT2D eigenvalue weighted by molar-refractivity contribution is -0.119. The highest BCUT2D eigenvalue weighted by molar-refractivity contribution is 5.94. The Morgan fingerprint density at radius 2 is 1.96 bits per heavy atom. The molecule has 2 heterocycles. The van der Waals surface area contributed by atoms with Crippen molar-refractivity contribution in [1.82, 2.24) is 10.2 Å². The summed E-state index contributed by atoms with van der Waals surface area (Å²) in [7, 11) is 0. The van der Waals surface area contributed by atoms with E-state index in [0.29, 0.717) is 12.1 Å². The zero-order valence-electron chi connectivity index (χ0n) is 14.5. The first-order chi connectivity index (χ1) is 12.1. The smallest absolute Gasteiger partial charge is 0.254 e. The fourth-order valence-electron chi connectivity index (χ4n) is 3.29. The van der Waals surface area contributed by atoms with Gasteiger partial charge in [-0.15, -0.1) is 0 Å². The third kappa shape index (κ3) is 4.29. The topological polar surface area (TPSA) is 62.6 Å². The molecule has 1 aliphatic rings. The molecule has 1 aromatic carbocycles. The van der Waals surface area contributed by atoms with Crippen molar-refractivity contribution >= 4 is 11.8 Å². The van der Waals surface area contributed by atoms with E-state index < -0.39 is 0 Å². The number of rotatable bonds is 4. The summed E-state index contributed by atoms with van der Waals surface area (Å²) in [6.45, 7) is 2.71. The lowest BCUT2D eigenvalue weighted by Crippen LogP contribution is -2.34. The van der Waals surface area contributed by atoms with Gasteiger partial charge in [0.1, 0.15) is 5.76 Å². The van der Waals surface area contributed by atoms with E-state index in [1.54, 1.807) is 6.26 Å². The molecule has 0 radical (unpaired) electrons. The molecule has 0 saturated carbocycles. The van der Waals surface area contributed by atoms with Crippen molar-refractivity contribution in [2.45, 2.75) is 45.2 Å². The Bertz CT molecular complexity index is 707. The molecule has 0 spiro atoms. The Hall–Kier alpha value is -2.56. The summed E-state index contributed by atoms with van der Waals surface area (Å²) < 4.78 is 5.58. The maximum Gasteiger partial charge on any atom is 0.254 e. The molecule has 1 aliphatic heterocycles. The highest BCUT2D eigenvalue weighted by Gasteiger charge is 2.29. The molecule has 1 N–H and O–H groups in total. The van der Waals surface area contributed by atoms with Crippen LogP contribution in [0.3, 0.4) is 0 Å². The minimum absolute atomic E-state index is 0.00376. The monoisotopic (exact) mass is 340 g/mol. The van der Waals surface area contributed by atoms with E-state index in [4.69, 9.17) is 4.42 Å². The summed E-state index contributed by atoms with van der Waals surface area (Å²) in [5, 5.41) is 2.76. The quantitative estimate of drug-likeness (QED) is 0.923. The van der Waals surface area contributed by atoms with E-state index in [9.17, 15) is 9.59 Å². The van der Waals surface area contributed by atoms with E-state index in [1.165, 1.54) is 6.92 Å². The lowest BCUT2D eigenvalue weighted by atomic mass is 10.1. The van der Waals surface area contributed by atoms with Crippen molar-refractivity contribution in [2.75, 3.05) is 6.54 Å². The zero-order valence-corrected chi connectivity index (χ0v) is 14.5. The van der Waals surface area contributed by atoms with Gasteiger partial charge in [-0.1, -0.05) is 25.0 Å². The average Bonchev–Trinajstić information content (AvgIpc) is 3.04. The first-order valence-corrected chi connectivity index (χ1v) is 8.83. The second kappa shape index (κ2) is 8.01. The fourth-order valence-corrected chi connectivity index (χ4v) is 3.29. The number of hydrogen-bond acceptors (Lipinski definition) is 3. The van der Waals surface area contributed by atoms with Crippen LogP contribution in [0.15, 0.2) is 47.1 Å². The minimum Gasteiger partial charge on any atom is -0.467 e. The lowest BCUT2D eigenvalue weighted by Gasteiger charge is -2.28. The molecule has 1 aromatic heterocycles. The van der Waals surface area contributed by atoms with Gasteiger partial charge in [0.25, 0.3) is 5.91 Å². The van der Waals surface area contributed by atoms with Crippen LogP contribution in [-0.4, -0.2) is 23.3 Å². The first kappa shape index (κ1) is 17.3. The number of furan rings is 1. The van der Waals surface area contributed by atoms with E-state index >= 15 is 0 Å². The van der Waals surface area contributed by atoms with Crippen molar-refractivity contribution in [1.29, 1.82) is 0 Å². The molecule has 5 nitrogen and oxygen atoms in total. The number of amides is 2. The number of nitrogens with one attached hydrogen (secondary N) is 1. The van der Waals surface area contributed by atoms with Gasteiger partial charge in [-0.3, -0.25) is 9.59 Å². The van der Waals surface area contributed by atoms with Gasteiger partial charge in [0.2, 0.25) is 5.91 Å². The predicted octanol–water partition coefficient (Wildman–Crippen LogP) is 3.67. The molecule has 2 aromatic rings. The van der Waals surface area contributed by atoms with Gasteiger partial charge in [-0.2, -0.15) is 0 Å². The molecule has 5 heteroatoms. The standard InChI is InChI=1S/C20H24N2O3/c1-15(23)21-14-16-8-10-17(11-9-16)20(24)22-12-4-2-3-6-18(22)19-7-5-13-25-19/h5,7-11,13,18H,2-4,6,12,14H2,1H3,(H,21,23). The molecule has 1 unspecified atom stereocenters. The number of hydrogen-bond donors (Lipinski definition) is 1.